The third kappa shape index (κ3) is 5.36. The van der Waals surface area contributed by atoms with Crippen molar-refractivity contribution in [1.29, 1.82) is 0 Å². The molecule has 0 aliphatic heterocycles. The summed E-state index contributed by atoms with van der Waals surface area (Å²) < 4.78 is 9.66. The van der Waals surface area contributed by atoms with Crippen LogP contribution in [0.15, 0.2) is 0 Å². The Labute approximate surface area is 102 Å². The van der Waals surface area contributed by atoms with Gasteiger partial charge in [-0.15, -0.1) is 6.42 Å². The van der Waals surface area contributed by atoms with Crippen LogP contribution >= 0.6 is 0 Å². The highest BCUT2D eigenvalue weighted by atomic mass is 16.5. The van der Waals surface area contributed by atoms with Crippen molar-refractivity contribution in [2.75, 3.05) is 13.2 Å². The SMILES string of the molecule is C#CC(N)(CC(=O)OCCC)C(=O)OCCC. The quantitative estimate of drug-likeness (QED) is 0.522. The monoisotopic (exact) mass is 241 g/mol. The van der Waals surface area contributed by atoms with Crippen molar-refractivity contribution in [1.82, 2.24) is 0 Å². The first-order chi connectivity index (χ1) is 8.00. The second-order valence-electron chi connectivity index (χ2n) is 3.65. The average Bonchev–Trinajstić information content (AvgIpc) is 2.32. The van der Waals surface area contributed by atoms with Gasteiger partial charge in [0.05, 0.1) is 19.6 Å². The number of nitrogens with two attached hydrogens (primary N) is 1. The molecule has 0 aliphatic rings. The van der Waals surface area contributed by atoms with E-state index in [0.717, 1.165) is 0 Å². The molecule has 0 aliphatic carbocycles. The van der Waals surface area contributed by atoms with Gasteiger partial charge in [0.2, 0.25) is 0 Å². The zero-order valence-electron chi connectivity index (χ0n) is 10.3. The molecule has 1 atom stereocenters. The van der Waals surface area contributed by atoms with Crippen molar-refractivity contribution in [2.45, 2.75) is 38.6 Å². The van der Waals surface area contributed by atoms with Crippen molar-refractivity contribution in [3.05, 3.63) is 0 Å². The fraction of sp³-hybridized carbons (Fsp3) is 0.667. The Balaban J connectivity index is 4.42. The minimum Gasteiger partial charge on any atom is -0.466 e. The molecule has 0 fully saturated rings. The van der Waals surface area contributed by atoms with Crippen LogP contribution in [0.3, 0.4) is 0 Å². The van der Waals surface area contributed by atoms with Crippen LogP contribution in [-0.2, 0) is 19.1 Å². The standard InChI is InChI=1S/C12H19NO4/c1-4-7-16-10(14)9-12(13,6-3)11(15)17-8-5-2/h3H,4-5,7-9,13H2,1-2H3. The molecular weight excluding hydrogens is 222 g/mol. The molecule has 0 rings (SSSR count). The molecule has 0 radical (unpaired) electrons. The van der Waals surface area contributed by atoms with Gasteiger partial charge in [-0.1, -0.05) is 19.8 Å². The molecule has 0 saturated heterocycles. The number of carbonyl (C=O) groups excluding carboxylic acids is 2. The zero-order valence-corrected chi connectivity index (χ0v) is 10.3. The lowest BCUT2D eigenvalue weighted by Gasteiger charge is -2.20. The molecule has 0 spiro atoms. The smallest absolute Gasteiger partial charge is 0.339 e. The maximum absolute atomic E-state index is 11.6. The van der Waals surface area contributed by atoms with Crippen LogP contribution in [0, 0.1) is 12.3 Å². The number of hydrogen-bond acceptors (Lipinski definition) is 5. The topological polar surface area (TPSA) is 78.6 Å². The average molecular weight is 241 g/mol. The highest BCUT2D eigenvalue weighted by Crippen LogP contribution is 2.10. The molecule has 0 aromatic heterocycles. The first kappa shape index (κ1) is 15.5. The Morgan fingerprint density at radius 1 is 1.24 bits per heavy atom. The van der Waals surface area contributed by atoms with Gasteiger partial charge < -0.3 is 15.2 Å². The lowest BCUT2D eigenvalue weighted by Crippen LogP contribution is -2.49. The van der Waals surface area contributed by atoms with E-state index in [2.05, 4.69) is 5.92 Å². The second kappa shape index (κ2) is 7.69. The van der Waals surface area contributed by atoms with E-state index in [1.165, 1.54) is 0 Å². The third-order valence-electron chi connectivity index (χ3n) is 1.95. The predicted molar refractivity (Wildman–Crippen MR) is 62.9 cm³/mol. The predicted octanol–water partition coefficient (Wildman–Crippen LogP) is 0.614. The number of rotatable bonds is 7. The maximum atomic E-state index is 11.6. The molecule has 0 heterocycles. The molecule has 0 amide bonds. The van der Waals surface area contributed by atoms with E-state index < -0.39 is 17.5 Å². The summed E-state index contributed by atoms with van der Waals surface area (Å²) in [6, 6.07) is 0. The Morgan fingerprint density at radius 2 is 1.76 bits per heavy atom. The summed E-state index contributed by atoms with van der Waals surface area (Å²) in [4.78, 5) is 22.9. The van der Waals surface area contributed by atoms with Gasteiger partial charge in [0.25, 0.3) is 0 Å². The van der Waals surface area contributed by atoms with E-state index in [-0.39, 0.29) is 19.6 Å². The van der Waals surface area contributed by atoms with Crippen molar-refractivity contribution >= 4 is 11.9 Å². The van der Waals surface area contributed by atoms with Crippen molar-refractivity contribution in [3.8, 4) is 12.3 Å². The van der Waals surface area contributed by atoms with Gasteiger partial charge in [-0.05, 0) is 12.8 Å². The van der Waals surface area contributed by atoms with Gasteiger partial charge in [-0.3, -0.25) is 4.79 Å². The fourth-order valence-electron chi connectivity index (χ4n) is 1.00. The molecule has 96 valence electrons. The number of esters is 2. The summed E-state index contributed by atoms with van der Waals surface area (Å²) in [5.41, 5.74) is 3.91. The number of carbonyl (C=O) groups is 2. The highest BCUT2D eigenvalue weighted by Gasteiger charge is 2.36. The van der Waals surface area contributed by atoms with Gasteiger partial charge in [0.15, 0.2) is 5.54 Å². The Bertz CT molecular complexity index is 308. The largest absolute Gasteiger partial charge is 0.466 e. The zero-order chi connectivity index (χ0) is 13.3. The van der Waals surface area contributed by atoms with Crippen LogP contribution in [0.4, 0.5) is 0 Å². The van der Waals surface area contributed by atoms with Crippen LogP contribution in [0.2, 0.25) is 0 Å². The molecule has 1 unspecified atom stereocenters. The summed E-state index contributed by atoms with van der Waals surface area (Å²) >= 11 is 0. The van der Waals surface area contributed by atoms with Gasteiger partial charge in [-0.25, -0.2) is 4.79 Å². The summed E-state index contributed by atoms with van der Waals surface area (Å²) in [6.45, 7) is 4.21. The molecule has 5 heteroatoms. The second-order valence-corrected chi connectivity index (χ2v) is 3.65. The lowest BCUT2D eigenvalue weighted by atomic mass is 9.98. The van der Waals surface area contributed by atoms with Crippen LogP contribution in [0.5, 0.6) is 0 Å². The first-order valence-electron chi connectivity index (χ1n) is 5.59. The van der Waals surface area contributed by atoms with E-state index in [0.29, 0.717) is 12.8 Å². The van der Waals surface area contributed by atoms with Crippen LogP contribution in [0.1, 0.15) is 33.1 Å². The van der Waals surface area contributed by atoms with E-state index in [9.17, 15) is 9.59 Å². The summed E-state index contributed by atoms with van der Waals surface area (Å²) in [5, 5.41) is 0. The lowest BCUT2D eigenvalue weighted by molar-refractivity contribution is -0.154. The number of terminal acetylenes is 1. The Morgan fingerprint density at radius 3 is 2.24 bits per heavy atom. The molecule has 0 aromatic carbocycles. The molecule has 17 heavy (non-hydrogen) atoms. The minimum atomic E-state index is -1.74. The van der Waals surface area contributed by atoms with Gasteiger partial charge in [-0.2, -0.15) is 0 Å². The van der Waals surface area contributed by atoms with E-state index in [1.807, 2.05) is 13.8 Å². The van der Waals surface area contributed by atoms with Crippen molar-refractivity contribution in [3.63, 3.8) is 0 Å². The summed E-state index contributed by atoms with van der Waals surface area (Å²) in [7, 11) is 0. The van der Waals surface area contributed by atoms with E-state index in [4.69, 9.17) is 21.6 Å². The first-order valence-corrected chi connectivity index (χ1v) is 5.59. The summed E-state index contributed by atoms with van der Waals surface area (Å²) in [5.74, 6) is 0.732. The van der Waals surface area contributed by atoms with Gasteiger partial charge >= 0.3 is 11.9 Å². The molecule has 0 bridgehead atoms. The normalized spacial score (nSPS) is 13.3. The minimum absolute atomic E-state index is 0.226. The van der Waals surface area contributed by atoms with Crippen molar-refractivity contribution < 1.29 is 19.1 Å². The maximum Gasteiger partial charge on any atom is 0.339 e. The van der Waals surface area contributed by atoms with E-state index in [1.54, 1.807) is 0 Å². The molecule has 0 saturated carbocycles. The highest BCUT2D eigenvalue weighted by molar-refractivity contribution is 5.90. The Hall–Kier alpha value is -1.54. The number of ether oxygens (including phenoxy) is 2. The van der Waals surface area contributed by atoms with Crippen LogP contribution in [0.25, 0.3) is 0 Å². The van der Waals surface area contributed by atoms with Gasteiger partial charge in [0, 0.05) is 0 Å². The molecular formula is C12H19NO4. The summed E-state index contributed by atoms with van der Waals surface area (Å²) in [6.07, 6.45) is 6.16. The molecule has 5 nitrogen and oxygen atoms in total. The fourth-order valence-corrected chi connectivity index (χ4v) is 1.00. The Kier molecular flexibility index (Phi) is 6.99. The van der Waals surface area contributed by atoms with Crippen molar-refractivity contribution in [2.24, 2.45) is 5.73 Å². The van der Waals surface area contributed by atoms with Crippen LogP contribution in [-0.4, -0.2) is 30.7 Å². The third-order valence-corrected chi connectivity index (χ3v) is 1.95. The molecule has 2 N–H and O–H groups in total. The number of hydrogen-bond donors (Lipinski definition) is 1. The van der Waals surface area contributed by atoms with Crippen LogP contribution < -0.4 is 5.73 Å². The van der Waals surface area contributed by atoms with E-state index >= 15 is 0 Å². The van der Waals surface area contributed by atoms with Gasteiger partial charge in [0.1, 0.15) is 0 Å². The molecule has 0 aromatic rings.